The summed E-state index contributed by atoms with van der Waals surface area (Å²) in [6, 6.07) is 13.7. The number of rotatable bonds is 7. The van der Waals surface area contributed by atoms with E-state index in [0.717, 1.165) is 29.2 Å². The number of hydrogen-bond donors (Lipinski definition) is 0. The van der Waals surface area contributed by atoms with Crippen molar-refractivity contribution in [2.24, 2.45) is 0 Å². The van der Waals surface area contributed by atoms with E-state index in [2.05, 4.69) is 29.4 Å². The van der Waals surface area contributed by atoms with Gasteiger partial charge in [-0.25, -0.2) is 9.48 Å². The van der Waals surface area contributed by atoms with Crippen LogP contribution in [-0.4, -0.2) is 27.8 Å². The van der Waals surface area contributed by atoms with Gasteiger partial charge in [0.2, 0.25) is 6.79 Å². The maximum atomic E-state index is 11.9. The molecule has 0 saturated heterocycles. The SMILES string of the molecule is CCc1ccc(-n2cc(COC(=O)/C=C/C=C/c3ccc4c(c3)OCO4)nn2)cc1. The number of carbonyl (C=O) groups is 1. The molecule has 2 heterocycles. The summed E-state index contributed by atoms with van der Waals surface area (Å²) >= 11 is 0. The van der Waals surface area contributed by atoms with Gasteiger partial charge in [-0.15, -0.1) is 5.10 Å². The molecule has 3 aromatic rings. The average Bonchev–Trinajstić information content (AvgIpc) is 3.44. The zero-order chi connectivity index (χ0) is 20.8. The summed E-state index contributed by atoms with van der Waals surface area (Å²) in [7, 11) is 0. The van der Waals surface area contributed by atoms with E-state index in [1.54, 1.807) is 23.0 Å². The molecule has 0 atom stereocenters. The fourth-order valence-corrected chi connectivity index (χ4v) is 2.89. The molecular formula is C23H21N3O4. The van der Waals surface area contributed by atoms with Gasteiger partial charge >= 0.3 is 5.97 Å². The Morgan fingerprint density at radius 2 is 1.97 bits per heavy atom. The van der Waals surface area contributed by atoms with E-state index < -0.39 is 5.97 Å². The number of fused-ring (bicyclic) bond motifs is 1. The third kappa shape index (κ3) is 4.75. The first-order valence-corrected chi connectivity index (χ1v) is 9.63. The standard InChI is InChI=1S/C23H21N3O4/c1-2-17-7-10-20(11-8-17)26-14-19(24-25-26)15-28-23(27)6-4-3-5-18-9-12-21-22(13-18)30-16-29-21/h3-14H,2,15-16H2,1H3/b5-3+,6-4+. The highest BCUT2D eigenvalue weighted by molar-refractivity contribution is 5.82. The third-order valence-electron chi connectivity index (χ3n) is 4.54. The molecule has 0 bridgehead atoms. The number of aromatic nitrogens is 3. The number of hydrogen-bond acceptors (Lipinski definition) is 6. The quantitative estimate of drug-likeness (QED) is 0.339. The monoisotopic (exact) mass is 403 g/mol. The van der Waals surface area contributed by atoms with E-state index in [9.17, 15) is 4.79 Å². The van der Waals surface area contributed by atoms with Gasteiger partial charge in [-0.2, -0.15) is 0 Å². The third-order valence-corrected chi connectivity index (χ3v) is 4.54. The molecule has 2 aromatic carbocycles. The van der Waals surface area contributed by atoms with Gasteiger partial charge in [0.15, 0.2) is 11.5 Å². The van der Waals surface area contributed by atoms with Crippen molar-refractivity contribution in [3.8, 4) is 17.2 Å². The molecule has 0 aliphatic carbocycles. The van der Waals surface area contributed by atoms with Gasteiger partial charge in [0.1, 0.15) is 12.3 Å². The van der Waals surface area contributed by atoms with Crippen molar-refractivity contribution >= 4 is 12.0 Å². The Kier molecular flexibility index (Phi) is 5.89. The molecule has 1 aliphatic rings. The van der Waals surface area contributed by atoms with Crippen LogP contribution in [0, 0.1) is 0 Å². The fourth-order valence-electron chi connectivity index (χ4n) is 2.89. The van der Waals surface area contributed by atoms with E-state index >= 15 is 0 Å². The lowest BCUT2D eigenvalue weighted by molar-refractivity contribution is -0.139. The van der Waals surface area contributed by atoms with Crippen molar-refractivity contribution < 1.29 is 19.0 Å². The van der Waals surface area contributed by atoms with Crippen LogP contribution in [0.3, 0.4) is 0 Å². The number of carbonyl (C=O) groups excluding carboxylic acids is 1. The molecule has 30 heavy (non-hydrogen) atoms. The van der Waals surface area contributed by atoms with Gasteiger partial charge in [-0.3, -0.25) is 0 Å². The maximum Gasteiger partial charge on any atom is 0.331 e. The molecular weight excluding hydrogens is 382 g/mol. The summed E-state index contributed by atoms with van der Waals surface area (Å²) in [6.07, 6.45) is 9.34. The van der Waals surface area contributed by atoms with Crippen molar-refractivity contribution in [1.82, 2.24) is 15.0 Å². The largest absolute Gasteiger partial charge is 0.456 e. The van der Waals surface area contributed by atoms with Gasteiger partial charge in [0.05, 0.1) is 11.9 Å². The lowest BCUT2D eigenvalue weighted by atomic mass is 10.1. The highest BCUT2D eigenvalue weighted by atomic mass is 16.7. The Morgan fingerprint density at radius 1 is 1.13 bits per heavy atom. The molecule has 0 amide bonds. The summed E-state index contributed by atoms with van der Waals surface area (Å²) in [5.74, 6) is 1.00. The van der Waals surface area contributed by atoms with E-state index in [1.165, 1.54) is 11.6 Å². The van der Waals surface area contributed by atoms with Crippen molar-refractivity contribution in [1.29, 1.82) is 0 Å². The highest BCUT2D eigenvalue weighted by Gasteiger charge is 2.12. The summed E-state index contributed by atoms with van der Waals surface area (Å²) in [5, 5.41) is 8.13. The van der Waals surface area contributed by atoms with Crippen LogP contribution in [0.4, 0.5) is 0 Å². The minimum atomic E-state index is -0.452. The summed E-state index contributed by atoms with van der Waals surface area (Å²) in [4.78, 5) is 11.9. The molecule has 0 unspecified atom stereocenters. The molecule has 7 nitrogen and oxygen atoms in total. The number of ether oxygens (including phenoxy) is 3. The van der Waals surface area contributed by atoms with Crippen LogP contribution in [0.25, 0.3) is 11.8 Å². The van der Waals surface area contributed by atoms with Crippen molar-refractivity contribution in [2.75, 3.05) is 6.79 Å². The van der Waals surface area contributed by atoms with Crippen LogP contribution in [-0.2, 0) is 22.6 Å². The average molecular weight is 403 g/mol. The number of benzene rings is 2. The summed E-state index contributed by atoms with van der Waals surface area (Å²) in [6.45, 7) is 2.41. The van der Waals surface area contributed by atoms with Crippen LogP contribution in [0.15, 0.2) is 66.9 Å². The first-order chi connectivity index (χ1) is 14.7. The molecule has 4 rings (SSSR count). The molecule has 1 aliphatic heterocycles. The molecule has 152 valence electrons. The fraction of sp³-hybridized carbons (Fsp3) is 0.174. The minimum Gasteiger partial charge on any atom is -0.456 e. The summed E-state index contributed by atoms with van der Waals surface area (Å²) in [5.41, 5.74) is 3.69. The lowest BCUT2D eigenvalue weighted by Crippen LogP contribution is -2.00. The van der Waals surface area contributed by atoms with Crippen LogP contribution < -0.4 is 9.47 Å². The first-order valence-electron chi connectivity index (χ1n) is 9.63. The normalized spacial score (nSPS) is 12.7. The number of esters is 1. The van der Waals surface area contributed by atoms with Crippen LogP contribution in [0.1, 0.15) is 23.7 Å². The molecule has 0 fully saturated rings. The maximum absolute atomic E-state index is 11.9. The van der Waals surface area contributed by atoms with Crippen molar-refractivity contribution in [3.63, 3.8) is 0 Å². The van der Waals surface area contributed by atoms with Gasteiger partial charge in [-0.05, 0) is 41.8 Å². The van der Waals surface area contributed by atoms with Gasteiger partial charge in [0, 0.05) is 6.08 Å². The Balaban J connectivity index is 1.27. The Hall–Kier alpha value is -3.87. The molecule has 0 saturated carbocycles. The van der Waals surface area contributed by atoms with Crippen molar-refractivity contribution in [3.05, 3.63) is 83.7 Å². The van der Waals surface area contributed by atoms with Crippen molar-refractivity contribution in [2.45, 2.75) is 20.0 Å². The van der Waals surface area contributed by atoms with E-state index in [1.807, 2.05) is 36.4 Å². The smallest absolute Gasteiger partial charge is 0.331 e. The van der Waals surface area contributed by atoms with Crippen LogP contribution in [0.2, 0.25) is 0 Å². The molecule has 0 radical (unpaired) electrons. The number of allylic oxidation sites excluding steroid dienone is 2. The van der Waals surface area contributed by atoms with Crippen LogP contribution >= 0.6 is 0 Å². The van der Waals surface area contributed by atoms with E-state index in [4.69, 9.17) is 14.2 Å². The predicted molar refractivity (Wildman–Crippen MR) is 111 cm³/mol. The second-order valence-corrected chi connectivity index (χ2v) is 6.61. The second kappa shape index (κ2) is 9.09. The van der Waals surface area contributed by atoms with E-state index in [0.29, 0.717) is 5.69 Å². The van der Waals surface area contributed by atoms with Gasteiger partial charge < -0.3 is 14.2 Å². The van der Waals surface area contributed by atoms with Gasteiger partial charge in [-0.1, -0.05) is 48.6 Å². The Labute approximate surface area is 174 Å². The number of aryl methyl sites for hydroxylation is 1. The summed E-state index contributed by atoms with van der Waals surface area (Å²) < 4.78 is 17.5. The van der Waals surface area contributed by atoms with Gasteiger partial charge in [0.25, 0.3) is 0 Å². The number of nitrogens with zero attached hydrogens (tertiary/aromatic N) is 3. The molecule has 7 heteroatoms. The topological polar surface area (TPSA) is 75.5 Å². The Bertz CT molecular complexity index is 1080. The Morgan fingerprint density at radius 3 is 2.80 bits per heavy atom. The first kappa shape index (κ1) is 19.4. The predicted octanol–water partition coefficient (Wildman–Crippen LogP) is 3.87. The highest BCUT2D eigenvalue weighted by Crippen LogP contribution is 2.32. The second-order valence-electron chi connectivity index (χ2n) is 6.61. The molecule has 0 N–H and O–H groups in total. The van der Waals surface area contributed by atoms with Crippen LogP contribution in [0.5, 0.6) is 11.5 Å². The minimum absolute atomic E-state index is 0.0576. The zero-order valence-electron chi connectivity index (χ0n) is 16.5. The lowest BCUT2D eigenvalue weighted by Gasteiger charge is -2.01. The zero-order valence-corrected chi connectivity index (χ0v) is 16.5. The van der Waals surface area contributed by atoms with E-state index in [-0.39, 0.29) is 13.4 Å². The molecule has 0 spiro atoms. The molecule has 1 aromatic heterocycles.